The van der Waals surface area contributed by atoms with Gasteiger partial charge in [-0.25, -0.2) is 4.79 Å². The fraction of sp³-hybridized carbons (Fsp3) is 0.188. The monoisotopic (exact) mass is 411 g/mol. The molecule has 0 aliphatic rings. The summed E-state index contributed by atoms with van der Waals surface area (Å²) >= 11 is 6.94. The van der Waals surface area contributed by atoms with Gasteiger partial charge in [-0.05, 0) is 74.2 Å². The van der Waals surface area contributed by atoms with Crippen molar-refractivity contribution >= 4 is 43.5 Å². The van der Waals surface area contributed by atoms with E-state index in [-0.39, 0.29) is 5.97 Å². The molecule has 0 heterocycles. The van der Waals surface area contributed by atoms with Crippen LogP contribution in [0.5, 0.6) is 0 Å². The van der Waals surface area contributed by atoms with Gasteiger partial charge in [0.05, 0.1) is 12.7 Å². The van der Waals surface area contributed by atoms with Gasteiger partial charge < -0.3 is 10.1 Å². The van der Waals surface area contributed by atoms with Crippen LogP contribution >= 0.6 is 31.9 Å². The number of methoxy groups -OCH3 is 1. The van der Waals surface area contributed by atoms with Crippen molar-refractivity contribution in [1.82, 2.24) is 0 Å². The Morgan fingerprint density at radius 3 is 2.57 bits per heavy atom. The Balaban J connectivity index is 2.15. The van der Waals surface area contributed by atoms with Crippen molar-refractivity contribution in [1.29, 1.82) is 0 Å². The summed E-state index contributed by atoms with van der Waals surface area (Å²) in [7, 11) is 1.38. The average Bonchev–Trinajstić information content (AvgIpc) is 2.49. The molecule has 0 saturated heterocycles. The van der Waals surface area contributed by atoms with E-state index in [0.29, 0.717) is 12.1 Å². The predicted molar refractivity (Wildman–Crippen MR) is 91.7 cm³/mol. The number of nitrogens with one attached hydrogen (secondary N) is 1. The van der Waals surface area contributed by atoms with Gasteiger partial charge in [-0.3, -0.25) is 0 Å². The molecule has 0 fully saturated rings. The third kappa shape index (κ3) is 4.08. The van der Waals surface area contributed by atoms with Crippen LogP contribution in [0.2, 0.25) is 0 Å². The van der Waals surface area contributed by atoms with Gasteiger partial charge >= 0.3 is 5.97 Å². The minimum absolute atomic E-state index is 0.329. The first-order valence-electron chi connectivity index (χ1n) is 6.38. The topological polar surface area (TPSA) is 38.3 Å². The third-order valence-electron chi connectivity index (χ3n) is 3.13. The summed E-state index contributed by atoms with van der Waals surface area (Å²) < 4.78 is 6.78. The molecular formula is C16H15Br2NO2. The minimum Gasteiger partial charge on any atom is -0.465 e. The number of carbonyl (C=O) groups excluding carboxylic acids is 1. The van der Waals surface area contributed by atoms with E-state index in [9.17, 15) is 4.79 Å². The maximum Gasteiger partial charge on any atom is 0.337 e. The van der Waals surface area contributed by atoms with Gasteiger partial charge in [-0.1, -0.05) is 12.1 Å². The standard InChI is InChI=1S/C16H15Br2NO2/c1-10-3-5-12(16(20)21-2)8-15(10)19-9-11-4-6-13(17)14(18)7-11/h3-8,19H,9H2,1-2H3. The summed E-state index contributed by atoms with van der Waals surface area (Å²) in [6.45, 7) is 2.68. The number of aryl methyl sites for hydroxylation is 1. The summed E-state index contributed by atoms with van der Waals surface area (Å²) in [5.41, 5.74) is 3.70. The third-order valence-corrected chi connectivity index (χ3v) is 5.01. The Labute approximate surface area is 141 Å². The van der Waals surface area contributed by atoms with E-state index in [1.165, 1.54) is 7.11 Å². The number of anilines is 1. The van der Waals surface area contributed by atoms with Crippen molar-refractivity contribution in [3.8, 4) is 0 Å². The van der Waals surface area contributed by atoms with Crippen LogP contribution in [0.1, 0.15) is 21.5 Å². The average molecular weight is 413 g/mol. The first-order valence-corrected chi connectivity index (χ1v) is 7.96. The quantitative estimate of drug-likeness (QED) is 0.724. The molecule has 0 saturated carbocycles. The Morgan fingerprint density at radius 2 is 1.90 bits per heavy atom. The Morgan fingerprint density at radius 1 is 1.14 bits per heavy atom. The molecule has 2 aromatic rings. The minimum atomic E-state index is -0.329. The Hall–Kier alpha value is -1.33. The second-order valence-corrected chi connectivity index (χ2v) is 6.33. The number of hydrogen-bond donors (Lipinski definition) is 1. The van der Waals surface area contributed by atoms with Crippen LogP contribution in [0.4, 0.5) is 5.69 Å². The fourth-order valence-corrected chi connectivity index (χ4v) is 2.58. The van der Waals surface area contributed by atoms with Crippen molar-refractivity contribution in [3.63, 3.8) is 0 Å². The zero-order valence-corrected chi connectivity index (χ0v) is 14.9. The molecule has 0 aromatic heterocycles. The summed E-state index contributed by atoms with van der Waals surface area (Å²) in [6, 6.07) is 11.6. The number of benzene rings is 2. The van der Waals surface area contributed by atoms with Crippen LogP contribution in [0.15, 0.2) is 45.3 Å². The number of hydrogen-bond acceptors (Lipinski definition) is 3. The van der Waals surface area contributed by atoms with Crippen molar-refractivity contribution in [2.75, 3.05) is 12.4 Å². The van der Waals surface area contributed by atoms with Crippen molar-refractivity contribution in [3.05, 3.63) is 62.0 Å². The van der Waals surface area contributed by atoms with Gasteiger partial charge in [0.15, 0.2) is 0 Å². The molecule has 110 valence electrons. The van der Waals surface area contributed by atoms with E-state index in [1.54, 1.807) is 6.07 Å². The lowest BCUT2D eigenvalue weighted by atomic mass is 10.1. The zero-order chi connectivity index (χ0) is 15.4. The molecule has 0 aliphatic heterocycles. The summed E-state index contributed by atoms with van der Waals surface area (Å²) in [6.07, 6.45) is 0. The smallest absolute Gasteiger partial charge is 0.337 e. The van der Waals surface area contributed by atoms with E-state index in [2.05, 4.69) is 43.2 Å². The van der Waals surface area contributed by atoms with Gasteiger partial charge in [0.2, 0.25) is 0 Å². The van der Waals surface area contributed by atoms with E-state index in [0.717, 1.165) is 25.8 Å². The second kappa shape index (κ2) is 7.09. The normalized spacial score (nSPS) is 10.3. The Kier molecular flexibility index (Phi) is 5.42. The highest BCUT2D eigenvalue weighted by Gasteiger charge is 2.08. The molecule has 0 amide bonds. The maximum atomic E-state index is 11.6. The first kappa shape index (κ1) is 16.0. The van der Waals surface area contributed by atoms with Gasteiger partial charge in [0, 0.05) is 21.2 Å². The van der Waals surface area contributed by atoms with Crippen LogP contribution < -0.4 is 5.32 Å². The van der Waals surface area contributed by atoms with Crippen molar-refractivity contribution in [2.24, 2.45) is 0 Å². The summed E-state index contributed by atoms with van der Waals surface area (Å²) in [4.78, 5) is 11.6. The summed E-state index contributed by atoms with van der Waals surface area (Å²) in [5.74, 6) is -0.329. The lowest BCUT2D eigenvalue weighted by Crippen LogP contribution is -2.05. The van der Waals surface area contributed by atoms with E-state index < -0.39 is 0 Å². The molecule has 0 radical (unpaired) electrons. The number of halogens is 2. The zero-order valence-electron chi connectivity index (χ0n) is 11.7. The van der Waals surface area contributed by atoms with Crippen molar-refractivity contribution < 1.29 is 9.53 Å². The molecule has 21 heavy (non-hydrogen) atoms. The van der Waals surface area contributed by atoms with Crippen LogP contribution in [0.3, 0.4) is 0 Å². The Bertz CT molecular complexity index is 671. The molecule has 0 unspecified atom stereocenters. The molecule has 0 atom stereocenters. The predicted octanol–water partition coefficient (Wildman–Crippen LogP) is 4.92. The van der Waals surface area contributed by atoms with Crippen LogP contribution in [-0.4, -0.2) is 13.1 Å². The molecule has 3 nitrogen and oxygen atoms in total. The van der Waals surface area contributed by atoms with Crippen LogP contribution in [0, 0.1) is 6.92 Å². The van der Waals surface area contributed by atoms with E-state index in [1.807, 2.05) is 31.2 Å². The maximum absolute atomic E-state index is 11.6. The number of carbonyl (C=O) groups is 1. The first-order chi connectivity index (χ1) is 10.0. The highest BCUT2D eigenvalue weighted by molar-refractivity contribution is 9.13. The molecule has 5 heteroatoms. The molecule has 0 spiro atoms. The van der Waals surface area contributed by atoms with E-state index in [4.69, 9.17) is 4.74 Å². The SMILES string of the molecule is COC(=O)c1ccc(C)c(NCc2ccc(Br)c(Br)c2)c1. The molecule has 0 bridgehead atoms. The van der Waals surface area contributed by atoms with Gasteiger partial charge in [0.25, 0.3) is 0 Å². The van der Waals surface area contributed by atoms with Gasteiger partial charge in [-0.2, -0.15) is 0 Å². The second-order valence-electron chi connectivity index (χ2n) is 4.62. The number of rotatable bonds is 4. The molecule has 0 aliphatic carbocycles. The van der Waals surface area contributed by atoms with Gasteiger partial charge in [0.1, 0.15) is 0 Å². The summed E-state index contributed by atoms with van der Waals surface area (Å²) in [5, 5.41) is 3.35. The number of esters is 1. The van der Waals surface area contributed by atoms with Gasteiger partial charge in [-0.15, -0.1) is 0 Å². The lowest BCUT2D eigenvalue weighted by molar-refractivity contribution is 0.0601. The lowest BCUT2D eigenvalue weighted by Gasteiger charge is -2.11. The molecular weight excluding hydrogens is 398 g/mol. The fourth-order valence-electron chi connectivity index (χ4n) is 1.90. The largest absolute Gasteiger partial charge is 0.465 e. The number of ether oxygens (including phenoxy) is 1. The molecule has 2 rings (SSSR count). The highest BCUT2D eigenvalue weighted by Crippen LogP contribution is 2.25. The molecule has 2 aromatic carbocycles. The molecule has 1 N–H and O–H groups in total. The van der Waals surface area contributed by atoms with Crippen molar-refractivity contribution in [2.45, 2.75) is 13.5 Å². The van der Waals surface area contributed by atoms with E-state index >= 15 is 0 Å². The highest BCUT2D eigenvalue weighted by atomic mass is 79.9. The van der Waals surface area contributed by atoms with Crippen LogP contribution in [-0.2, 0) is 11.3 Å². The van der Waals surface area contributed by atoms with Crippen LogP contribution in [0.25, 0.3) is 0 Å².